The van der Waals surface area contributed by atoms with Gasteiger partial charge >= 0.3 is 6.18 Å². The van der Waals surface area contributed by atoms with E-state index in [4.69, 9.17) is 0 Å². The van der Waals surface area contributed by atoms with E-state index in [9.17, 15) is 23.1 Å². The van der Waals surface area contributed by atoms with Crippen LogP contribution in [0.4, 0.5) is 18.9 Å². The van der Waals surface area contributed by atoms with Gasteiger partial charge in [0.25, 0.3) is 5.91 Å². The van der Waals surface area contributed by atoms with Crippen molar-refractivity contribution in [1.82, 2.24) is 9.78 Å². The summed E-state index contributed by atoms with van der Waals surface area (Å²) < 4.78 is 40.0. The number of aromatic nitrogens is 2. The van der Waals surface area contributed by atoms with Crippen LogP contribution < -0.4 is 5.32 Å². The lowest BCUT2D eigenvalue weighted by Gasteiger charge is -2.17. The molecule has 1 amide bonds. The number of anilines is 1. The summed E-state index contributed by atoms with van der Waals surface area (Å²) in [5.74, 6) is -0.717. The van der Waals surface area contributed by atoms with Crippen LogP contribution in [0.3, 0.4) is 0 Å². The van der Waals surface area contributed by atoms with E-state index in [2.05, 4.69) is 10.4 Å². The lowest BCUT2D eigenvalue weighted by molar-refractivity contribution is -0.141. The van der Waals surface area contributed by atoms with Crippen LogP contribution in [0.25, 0.3) is 0 Å². The van der Waals surface area contributed by atoms with Crippen LogP contribution in [0.5, 0.6) is 0 Å². The summed E-state index contributed by atoms with van der Waals surface area (Å²) in [4.78, 5) is 13.1. The van der Waals surface area contributed by atoms with Gasteiger partial charge in [0.2, 0.25) is 0 Å². The molecule has 1 unspecified atom stereocenters. The highest BCUT2D eigenvalue weighted by Crippen LogP contribution is 2.35. The first-order valence-electron chi connectivity index (χ1n) is 7.73. The standard InChI is InChI=1S/C16H20F3N3O2S/c1-9(2)6-10(8-23)13-12(4-5-25-13)20-15(24)11-7-22(3)21-14(11)16(17,18)19/h4-5,7,9-10,23H,6,8H2,1-3H3,(H,20,24). The van der Waals surface area contributed by atoms with Crippen molar-refractivity contribution < 1.29 is 23.1 Å². The van der Waals surface area contributed by atoms with Crippen molar-refractivity contribution in [3.63, 3.8) is 0 Å². The zero-order valence-corrected chi connectivity index (χ0v) is 14.9. The van der Waals surface area contributed by atoms with E-state index in [0.717, 1.165) is 15.8 Å². The molecule has 0 radical (unpaired) electrons. The van der Waals surface area contributed by atoms with Crippen molar-refractivity contribution in [3.8, 4) is 0 Å². The molecule has 0 aliphatic rings. The third-order valence-electron chi connectivity index (χ3n) is 3.63. The van der Waals surface area contributed by atoms with Gasteiger partial charge in [-0.15, -0.1) is 11.3 Å². The van der Waals surface area contributed by atoms with E-state index in [-0.39, 0.29) is 12.5 Å². The van der Waals surface area contributed by atoms with Crippen molar-refractivity contribution in [2.45, 2.75) is 32.4 Å². The molecule has 2 N–H and O–H groups in total. The Morgan fingerprint density at radius 1 is 1.44 bits per heavy atom. The minimum atomic E-state index is -4.71. The molecule has 0 fully saturated rings. The Morgan fingerprint density at radius 3 is 2.68 bits per heavy atom. The summed E-state index contributed by atoms with van der Waals surface area (Å²) in [6, 6.07) is 1.63. The van der Waals surface area contributed by atoms with Gasteiger partial charge in [0.05, 0.1) is 17.9 Å². The van der Waals surface area contributed by atoms with Crippen LogP contribution in [0.2, 0.25) is 0 Å². The first-order valence-corrected chi connectivity index (χ1v) is 8.61. The van der Waals surface area contributed by atoms with Crippen LogP contribution in [0, 0.1) is 5.92 Å². The molecule has 0 aliphatic carbocycles. The summed E-state index contributed by atoms with van der Waals surface area (Å²) >= 11 is 1.36. The van der Waals surface area contributed by atoms with Gasteiger partial charge in [0, 0.05) is 24.0 Å². The van der Waals surface area contributed by atoms with Crippen LogP contribution in [-0.2, 0) is 13.2 Å². The summed E-state index contributed by atoms with van der Waals surface area (Å²) in [7, 11) is 1.33. The Hall–Kier alpha value is -1.87. The summed E-state index contributed by atoms with van der Waals surface area (Å²) in [6.07, 6.45) is -2.96. The molecule has 0 aliphatic heterocycles. The number of hydrogen-bond donors (Lipinski definition) is 2. The van der Waals surface area contributed by atoms with Crippen LogP contribution in [0.1, 0.15) is 47.1 Å². The largest absolute Gasteiger partial charge is 0.435 e. The van der Waals surface area contributed by atoms with E-state index in [0.29, 0.717) is 18.0 Å². The average molecular weight is 375 g/mol. The first kappa shape index (κ1) is 19.5. The van der Waals surface area contributed by atoms with Gasteiger partial charge in [0.15, 0.2) is 5.69 Å². The average Bonchev–Trinajstić information content (AvgIpc) is 3.10. The monoisotopic (exact) mass is 375 g/mol. The fraction of sp³-hybridized carbons (Fsp3) is 0.500. The maximum atomic E-state index is 13.0. The minimum absolute atomic E-state index is 0.0950. The zero-order chi connectivity index (χ0) is 18.8. The number of halogens is 3. The fourth-order valence-electron chi connectivity index (χ4n) is 2.63. The second kappa shape index (κ2) is 7.57. The van der Waals surface area contributed by atoms with E-state index in [1.165, 1.54) is 18.4 Å². The van der Waals surface area contributed by atoms with E-state index in [1.807, 2.05) is 13.8 Å². The summed E-state index contributed by atoms with van der Waals surface area (Å²) in [5, 5.41) is 17.2. The van der Waals surface area contributed by atoms with Crippen molar-refractivity contribution in [1.29, 1.82) is 0 Å². The van der Waals surface area contributed by atoms with Gasteiger partial charge in [-0.25, -0.2) is 0 Å². The van der Waals surface area contributed by atoms with Gasteiger partial charge in [-0.05, 0) is 23.8 Å². The van der Waals surface area contributed by atoms with E-state index >= 15 is 0 Å². The first-order chi connectivity index (χ1) is 11.6. The molecule has 5 nitrogen and oxygen atoms in total. The quantitative estimate of drug-likeness (QED) is 0.805. The van der Waals surface area contributed by atoms with Crippen molar-refractivity contribution >= 4 is 22.9 Å². The lowest BCUT2D eigenvalue weighted by atomic mass is 9.95. The van der Waals surface area contributed by atoms with Gasteiger partial charge in [0.1, 0.15) is 0 Å². The zero-order valence-electron chi connectivity index (χ0n) is 14.1. The SMILES string of the molecule is CC(C)CC(CO)c1sccc1NC(=O)c1cn(C)nc1C(F)(F)F. The molecular weight excluding hydrogens is 355 g/mol. The molecule has 0 saturated carbocycles. The highest BCUT2D eigenvalue weighted by molar-refractivity contribution is 7.10. The lowest BCUT2D eigenvalue weighted by Crippen LogP contribution is -2.18. The smallest absolute Gasteiger partial charge is 0.396 e. The topological polar surface area (TPSA) is 67.2 Å². The van der Waals surface area contributed by atoms with Gasteiger partial charge < -0.3 is 10.4 Å². The summed E-state index contributed by atoms with van der Waals surface area (Å²) in [6.45, 7) is 3.93. The molecule has 0 saturated heterocycles. The Balaban J connectivity index is 2.27. The number of thiophene rings is 1. The Kier molecular flexibility index (Phi) is 5.89. The highest BCUT2D eigenvalue weighted by atomic mass is 32.1. The van der Waals surface area contributed by atoms with Crippen molar-refractivity contribution in [2.24, 2.45) is 13.0 Å². The predicted octanol–water partition coefficient (Wildman–Crippen LogP) is 3.87. The Bertz CT molecular complexity index is 737. The second-order valence-corrected chi connectivity index (χ2v) is 7.17. The van der Waals surface area contributed by atoms with Gasteiger partial charge in [-0.1, -0.05) is 13.8 Å². The molecule has 2 heterocycles. The number of aliphatic hydroxyl groups excluding tert-OH is 1. The number of aliphatic hydroxyl groups is 1. The fourth-order valence-corrected chi connectivity index (χ4v) is 3.59. The third-order valence-corrected chi connectivity index (χ3v) is 4.71. The van der Waals surface area contributed by atoms with Gasteiger partial charge in [-0.2, -0.15) is 18.3 Å². The predicted molar refractivity (Wildman–Crippen MR) is 89.8 cm³/mol. The minimum Gasteiger partial charge on any atom is -0.396 e. The molecule has 9 heteroatoms. The second-order valence-electron chi connectivity index (χ2n) is 6.22. The molecular formula is C16H20F3N3O2S. The molecule has 138 valence electrons. The molecule has 2 aromatic rings. The number of rotatable bonds is 6. The van der Waals surface area contributed by atoms with Gasteiger partial charge in [-0.3, -0.25) is 9.48 Å². The third kappa shape index (κ3) is 4.60. The van der Waals surface area contributed by atoms with Crippen LogP contribution in [-0.4, -0.2) is 27.4 Å². The number of carbonyl (C=O) groups is 1. The molecule has 0 spiro atoms. The van der Waals surface area contributed by atoms with Crippen LogP contribution >= 0.6 is 11.3 Å². The Labute approximate surface area is 147 Å². The molecule has 2 aromatic heterocycles. The molecule has 1 atom stereocenters. The number of amides is 1. The van der Waals surface area contributed by atoms with Crippen molar-refractivity contribution in [2.75, 3.05) is 11.9 Å². The van der Waals surface area contributed by atoms with Crippen LogP contribution in [0.15, 0.2) is 17.6 Å². The number of carbonyl (C=O) groups excluding carboxylic acids is 1. The number of hydrogen-bond acceptors (Lipinski definition) is 4. The highest BCUT2D eigenvalue weighted by Gasteiger charge is 2.39. The maximum absolute atomic E-state index is 13.0. The Morgan fingerprint density at radius 2 is 2.12 bits per heavy atom. The molecule has 2 rings (SSSR count). The number of alkyl halides is 3. The van der Waals surface area contributed by atoms with Crippen molar-refractivity contribution in [3.05, 3.63) is 33.8 Å². The normalized spacial score (nSPS) is 13.3. The molecule has 0 bridgehead atoms. The van der Waals surface area contributed by atoms with E-state index in [1.54, 1.807) is 11.4 Å². The maximum Gasteiger partial charge on any atom is 0.435 e. The number of nitrogens with zero attached hydrogens (tertiary/aromatic N) is 2. The molecule has 25 heavy (non-hydrogen) atoms. The number of aryl methyl sites for hydroxylation is 1. The summed E-state index contributed by atoms with van der Waals surface area (Å²) in [5.41, 5.74) is -1.33. The van der Waals surface area contributed by atoms with E-state index < -0.39 is 23.3 Å². The number of nitrogens with one attached hydrogen (secondary N) is 1. The molecule has 0 aromatic carbocycles.